The van der Waals surface area contributed by atoms with Crippen molar-refractivity contribution in [3.05, 3.63) is 29.8 Å². The van der Waals surface area contributed by atoms with Gasteiger partial charge in [-0.15, -0.1) is 24.0 Å². The molecule has 0 radical (unpaired) electrons. The Morgan fingerprint density at radius 2 is 1.93 bits per heavy atom. The summed E-state index contributed by atoms with van der Waals surface area (Å²) in [7, 11) is 4.12. The first-order chi connectivity index (χ1) is 14.0. The van der Waals surface area contributed by atoms with E-state index in [0.717, 1.165) is 37.1 Å². The van der Waals surface area contributed by atoms with E-state index >= 15 is 0 Å². The van der Waals surface area contributed by atoms with Crippen molar-refractivity contribution in [3.8, 4) is 5.75 Å². The number of guanidine groups is 1. The molecule has 1 amide bonds. The Kier molecular flexibility index (Phi) is 12.5. The molecule has 1 aromatic rings. The van der Waals surface area contributed by atoms with Crippen LogP contribution in [0, 0.1) is 0 Å². The van der Waals surface area contributed by atoms with E-state index in [9.17, 15) is 4.79 Å². The number of carbonyl (C=O) groups is 1. The SMILES string of the molecule is CCOC(=O)N1CCC(NC(N)=NCc2ccc(OCCCN(C)C)cc2)CC1.I. The summed E-state index contributed by atoms with van der Waals surface area (Å²) in [5.41, 5.74) is 7.11. The van der Waals surface area contributed by atoms with Crippen LogP contribution in [0.25, 0.3) is 0 Å². The molecule has 0 aliphatic carbocycles. The average Bonchev–Trinajstić information content (AvgIpc) is 2.71. The molecule has 0 saturated carbocycles. The average molecular weight is 533 g/mol. The molecule has 0 unspecified atom stereocenters. The van der Waals surface area contributed by atoms with E-state index in [4.69, 9.17) is 15.2 Å². The number of amides is 1. The van der Waals surface area contributed by atoms with E-state index in [1.807, 2.05) is 31.2 Å². The molecule has 170 valence electrons. The van der Waals surface area contributed by atoms with Crippen molar-refractivity contribution >= 4 is 36.0 Å². The van der Waals surface area contributed by atoms with Crippen LogP contribution in [0.3, 0.4) is 0 Å². The summed E-state index contributed by atoms with van der Waals surface area (Å²) in [6, 6.07) is 8.18. The number of piperidine rings is 1. The highest BCUT2D eigenvalue weighted by atomic mass is 127. The van der Waals surface area contributed by atoms with E-state index < -0.39 is 0 Å². The minimum atomic E-state index is -0.238. The zero-order chi connectivity index (χ0) is 21.1. The number of ether oxygens (including phenoxy) is 2. The second-order valence-corrected chi connectivity index (χ2v) is 7.46. The lowest BCUT2D eigenvalue weighted by atomic mass is 10.1. The van der Waals surface area contributed by atoms with Crippen LogP contribution in [-0.4, -0.2) is 74.8 Å². The molecule has 1 saturated heterocycles. The van der Waals surface area contributed by atoms with Gasteiger partial charge in [0.1, 0.15) is 5.75 Å². The van der Waals surface area contributed by atoms with E-state index in [-0.39, 0.29) is 36.1 Å². The predicted octanol–water partition coefficient (Wildman–Crippen LogP) is 2.66. The van der Waals surface area contributed by atoms with Crippen molar-refractivity contribution in [2.45, 2.75) is 38.8 Å². The summed E-state index contributed by atoms with van der Waals surface area (Å²) in [4.78, 5) is 20.0. The Morgan fingerprint density at radius 1 is 1.27 bits per heavy atom. The summed E-state index contributed by atoms with van der Waals surface area (Å²) in [5, 5.41) is 3.26. The first kappa shape index (κ1) is 26.3. The van der Waals surface area contributed by atoms with Gasteiger partial charge in [0.05, 0.1) is 19.8 Å². The maximum absolute atomic E-state index is 11.7. The Balaban J connectivity index is 0.00000450. The van der Waals surface area contributed by atoms with Crippen molar-refractivity contribution < 1.29 is 14.3 Å². The highest BCUT2D eigenvalue weighted by Gasteiger charge is 2.23. The molecule has 30 heavy (non-hydrogen) atoms. The third-order valence-electron chi connectivity index (χ3n) is 4.75. The smallest absolute Gasteiger partial charge is 0.409 e. The van der Waals surface area contributed by atoms with E-state index in [1.165, 1.54) is 0 Å². The summed E-state index contributed by atoms with van der Waals surface area (Å²) < 4.78 is 10.8. The van der Waals surface area contributed by atoms with Crippen LogP contribution in [0.4, 0.5) is 4.79 Å². The lowest BCUT2D eigenvalue weighted by molar-refractivity contribution is 0.0963. The van der Waals surface area contributed by atoms with Gasteiger partial charge in [0.15, 0.2) is 5.96 Å². The Bertz CT molecular complexity index is 647. The van der Waals surface area contributed by atoms with Crippen LogP contribution >= 0.6 is 24.0 Å². The van der Waals surface area contributed by atoms with Crippen LogP contribution in [-0.2, 0) is 11.3 Å². The fraction of sp³-hybridized carbons (Fsp3) is 0.619. The van der Waals surface area contributed by atoms with Gasteiger partial charge in [0.25, 0.3) is 0 Å². The number of rotatable bonds is 9. The van der Waals surface area contributed by atoms with Gasteiger partial charge in [0.2, 0.25) is 0 Å². The number of benzene rings is 1. The highest BCUT2D eigenvalue weighted by Crippen LogP contribution is 2.14. The van der Waals surface area contributed by atoms with Crippen molar-refractivity contribution in [1.82, 2.24) is 15.1 Å². The topological polar surface area (TPSA) is 92.4 Å². The summed E-state index contributed by atoms with van der Waals surface area (Å²) in [6.07, 6.45) is 2.42. The first-order valence-electron chi connectivity index (χ1n) is 10.3. The van der Waals surface area contributed by atoms with Crippen LogP contribution in [0.5, 0.6) is 5.75 Å². The molecule has 1 heterocycles. The monoisotopic (exact) mass is 533 g/mol. The van der Waals surface area contributed by atoms with E-state index in [1.54, 1.807) is 4.90 Å². The van der Waals surface area contributed by atoms with Gasteiger partial charge in [-0.1, -0.05) is 12.1 Å². The second-order valence-electron chi connectivity index (χ2n) is 7.46. The molecule has 0 spiro atoms. The molecule has 2 rings (SSSR count). The minimum absolute atomic E-state index is 0. The van der Waals surface area contributed by atoms with Gasteiger partial charge < -0.3 is 30.3 Å². The maximum atomic E-state index is 11.7. The van der Waals surface area contributed by atoms with Gasteiger partial charge in [-0.3, -0.25) is 0 Å². The van der Waals surface area contributed by atoms with Crippen molar-refractivity contribution in [2.24, 2.45) is 10.7 Å². The third kappa shape index (κ3) is 9.84. The summed E-state index contributed by atoms with van der Waals surface area (Å²) >= 11 is 0. The Labute approximate surface area is 197 Å². The van der Waals surface area contributed by atoms with E-state index in [2.05, 4.69) is 29.3 Å². The molecular formula is C21H36IN5O3. The molecule has 1 fully saturated rings. The van der Waals surface area contributed by atoms with Crippen molar-refractivity contribution in [3.63, 3.8) is 0 Å². The number of carbonyl (C=O) groups excluding carboxylic acids is 1. The molecule has 9 heteroatoms. The molecule has 0 bridgehead atoms. The van der Waals surface area contributed by atoms with Gasteiger partial charge >= 0.3 is 6.09 Å². The van der Waals surface area contributed by atoms with Crippen LogP contribution in [0.2, 0.25) is 0 Å². The number of nitrogens with one attached hydrogen (secondary N) is 1. The molecular weight excluding hydrogens is 497 g/mol. The second kappa shape index (κ2) is 14.3. The lowest BCUT2D eigenvalue weighted by Gasteiger charge is -2.31. The van der Waals surface area contributed by atoms with Gasteiger partial charge in [-0.2, -0.15) is 0 Å². The fourth-order valence-corrected chi connectivity index (χ4v) is 3.11. The maximum Gasteiger partial charge on any atom is 0.409 e. The van der Waals surface area contributed by atoms with Gasteiger partial charge in [-0.05, 0) is 58.0 Å². The predicted molar refractivity (Wildman–Crippen MR) is 131 cm³/mol. The molecule has 3 N–H and O–H groups in total. The number of nitrogens with zero attached hydrogens (tertiary/aromatic N) is 3. The number of aliphatic imine (C=N–C) groups is 1. The number of halogens is 1. The molecule has 1 aliphatic rings. The summed E-state index contributed by atoms with van der Waals surface area (Å²) in [6.45, 7) is 5.79. The lowest BCUT2D eigenvalue weighted by Crippen LogP contribution is -2.48. The zero-order valence-corrected chi connectivity index (χ0v) is 20.6. The number of hydrogen-bond donors (Lipinski definition) is 2. The molecule has 1 aromatic carbocycles. The molecule has 8 nitrogen and oxygen atoms in total. The minimum Gasteiger partial charge on any atom is -0.494 e. The first-order valence-corrected chi connectivity index (χ1v) is 10.3. The standard InChI is InChI=1S/C21H35N5O3.HI/c1-4-28-21(27)26-13-10-18(11-14-26)24-20(22)23-16-17-6-8-19(9-7-17)29-15-5-12-25(2)3;/h6-9,18H,4-5,10-16H2,1-3H3,(H3,22,23,24);1H. The Morgan fingerprint density at radius 3 is 2.53 bits per heavy atom. The number of nitrogens with two attached hydrogens (primary N) is 1. The molecule has 0 atom stereocenters. The fourth-order valence-electron chi connectivity index (χ4n) is 3.11. The van der Waals surface area contributed by atoms with Crippen LogP contribution < -0.4 is 15.8 Å². The third-order valence-corrected chi connectivity index (χ3v) is 4.75. The van der Waals surface area contributed by atoms with Gasteiger partial charge in [-0.25, -0.2) is 9.79 Å². The molecule has 0 aromatic heterocycles. The molecule has 1 aliphatic heterocycles. The highest BCUT2D eigenvalue weighted by molar-refractivity contribution is 14.0. The number of likely N-dealkylation sites (tertiary alicyclic amines) is 1. The number of hydrogen-bond acceptors (Lipinski definition) is 5. The zero-order valence-electron chi connectivity index (χ0n) is 18.3. The van der Waals surface area contributed by atoms with Gasteiger partial charge in [0, 0.05) is 25.7 Å². The van der Waals surface area contributed by atoms with Crippen LogP contribution in [0.15, 0.2) is 29.3 Å². The van der Waals surface area contributed by atoms with E-state index in [0.29, 0.717) is 38.8 Å². The van der Waals surface area contributed by atoms with Crippen molar-refractivity contribution in [1.29, 1.82) is 0 Å². The van der Waals surface area contributed by atoms with Crippen molar-refractivity contribution in [2.75, 3.05) is 46.9 Å². The Hall–Kier alpha value is -1.75. The largest absolute Gasteiger partial charge is 0.494 e. The van der Waals surface area contributed by atoms with Crippen LogP contribution in [0.1, 0.15) is 31.7 Å². The quantitative estimate of drug-likeness (QED) is 0.220. The summed E-state index contributed by atoms with van der Waals surface area (Å²) in [5.74, 6) is 1.31. The normalized spacial score (nSPS) is 14.9.